The third-order valence-corrected chi connectivity index (χ3v) is 4.74. The van der Waals surface area contributed by atoms with Gasteiger partial charge in [0, 0.05) is 5.56 Å². The Bertz CT molecular complexity index is 777. The molecule has 2 rings (SSSR count). The smallest absolute Gasteiger partial charge is 0.335 e. The second-order valence-corrected chi connectivity index (χ2v) is 6.48. The lowest BCUT2D eigenvalue weighted by molar-refractivity contribution is -0.130. The predicted molar refractivity (Wildman–Crippen MR) is 80.4 cm³/mol. The van der Waals surface area contributed by atoms with Crippen molar-refractivity contribution in [3.63, 3.8) is 0 Å². The molecule has 0 atom stereocenters. The van der Waals surface area contributed by atoms with Crippen molar-refractivity contribution < 1.29 is 18.3 Å². The molecule has 1 N–H and O–H groups in total. The van der Waals surface area contributed by atoms with Gasteiger partial charge in [-0.2, -0.15) is 0 Å². The summed E-state index contributed by atoms with van der Waals surface area (Å²) in [5.74, 6) is -1.42. The molecule has 0 unspecified atom stereocenters. The van der Waals surface area contributed by atoms with E-state index in [-0.39, 0.29) is 21.8 Å². The zero-order chi connectivity index (χ0) is 15.5. The van der Waals surface area contributed by atoms with Crippen molar-refractivity contribution in [1.82, 2.24) is 0 Å². The highest BCUT2D eigenvalue weighted by atomic mass is 32.2. The molecule has 2 aromatic carbocycles. The van der Waals surface area contributed by atoms with E-state index >= 15 is 0 Å². The molecule has 0 saturated carbocycles. The molecule has 4 nitrogen and oxygen atoms in total. The number of carboxylic acids is 1. The van der Waals surface area contributed by atoms with Gasteiger partial charge in [0.05, 0.1) is 16.2 Å². The van der Waals surface area contributed by atoms with Crippen molar-refractivity contribution in [3.8, 4) is 0 Å². The van der Waals surface area contributed by atoms with E-state index in [2.05, 4.69) is 6.58 Å². The quantitative estimate of drug-likeness (QED) is 0.862. The molecule has 0 fully saturated rings. The predicted octanol–water partition coefficient (Wildman–Crippen LogP) is 2.76. The van der Waals surface area contributed by atoms with Crippen LogP contribution in [0.3, 0.4) is 0 Å². The van der Waals surface area contributed by atoms with Crippen LogP contribution in [0.15, 0.2) is 66.1 Å². The van der Waals surface area contributed by atoms with E-state index in [9.17, 15) is 13.2 Å². The Morgan fingerprint density at radius 3 is 2.19 bits per heavy atom. The van der Waals surface area contributed by atoms with E-state index in [0.717, 1.165) is 0 Å². The van der Waals surface area contributed by atoms with Crippen LogP contribution in [-0.2, 0) is 20.4 Å². The molecule has 0 aromatic heterocycles. The molecule has 108 valence electrons. The Balaban J connectivity index is 2.46. The van der Waals surface area contributed by atoms with Crippen LogP contribution in [0.25, 0.3) is 5.57 Å². The summed E-state index contributed by atoms with van der Waals surface area (Å²) in [5, 5.41) is 9.02. The first kappa shape index (κ1) is 15.0. The number of carboxylic acid groups (broad SMARTS) is 1. The molecule has 0 spiro atoms. The number of hydrogen-bond acceptors (Lipinski definition) is 3. The normalized spacial score (nSPS) is 11.0. The van der Waals surface area contributed by atoms with Crippen LogP contribution in [0.1, 0.15) is 11.1 Å². The van der Waals surface area contributed by atoms with Crippen molar-refractivity contribution in [2.45, 2.75) is 10.6 Å². The lowest BCUT2D eigenvalue weighted by Gasteiger charge is -2.10. The van der Waals surface area contributed by atoms with Crippen molar-refractivity contribution in [1.29, 1.82) is 0 Å². The third kappa shape index (κ3) is 3.38. The Kier molecular flexibility index (Phi) is 4.23. The Labute approximate surface area is 123 Å². The maximum absolute atomic E-state index is 12.5. The highest BCUT2D eigenvalue weighted by Crippen LogP contribution is 2.25. The molecule has 21 heavy (non-hydrogen) atoms. The summed E-state index contributed by atoms with van der Waals surface area (Å²) >= 11 is 0. The minimum Gasteiger partial charge on any atom is -0.478 e. The lowest BCUT2D eigenvalue weighted by atomic mass is 10.1. The molecular formula is C16H14O4S. The number of carbonyl (C=O) groups is 1. The standard InChI is InChI=1S/C16H14O4S/c1-12(16(17)18)14-9-5-6-10-15(14)21(19,20)11-13-7-3-2-4-8-13/h2-10H,1,11H2,(H,17,18). The van der Waals surface area contributed by atoms with Gasteiger partial charge in [-0.05, 0) is 11.6 Å². The Hall–Kier alpha value is -2.40. The summed E-state index contributed by atoms with van der Waals surface area (Å²) in [6.45, 7) is 3.44. The molecule has 0 aliphatic rings. The average Bonchev–Trinajstić information content (AvgIpc) is 2.47. The van der Waals surface area contributed by atoms with Crippen LogP contribution in [0.4, 0.5) is 0 Å². The van der Waals surface area contributed by atoms with Gasteiger partial charge >= 0.3 is 5.97 Å². The van der Waals surface area contributed by atoms with Gasteiger partial charge in [-0.15, -0.1) is 0 Å². The van der Waals surface area contributed by atoms with Gasteiger partial charge in [0.25, 0.3) is 0 Å². The van der Waals surface area contributed by atoms with Crippen molar-refractivity contribution in [2.75, 3.05) is 0 Å². The first-order chi connectivity index (χ1) is 9.92. The molecule has 0 aliphatic carbocycles. The fraction of sp³-hybridized carbons (Fsp3) is 0.0625. The SMILES string of the molecule is C=C(C(=O)O)c1ccccc1S(=O)(=O)Cc1ccccc1. The molecular weight excluding hydrogens is 288 g/mol. The van der Waals surface area contributed by atoms with E-state index in [1.165, 1.54) is 12.1 Å². The van der Waals surface area contributed by atoms with Crippen LogP contribution >= 0.6 is 0 Å². The van der Waals surface area contributed by atoms with Gasteiger partial charge in [-0.1, -0.05) is 55.1 Å². The lowest BCUT2D eigenvalue weighted by Crippen LogP contribution is -2.10. The number of hydrogen-bond donors (Lipinski definition) is 1. The zero-order valence-electron chi connectivity index (χ0n) is 11.2. The number of aliphatic carboxylic acids is 1. The van der Waals surface area contributed by atoms with Gasteiger partial charge in [0.1, 0.15) is 0 Å². The summed E-state index contributed by atoms with van der Waals surface area (Å²) in [7, 11) is -3.65. The summed E-state index contributed by atoms with van der Waals surface area (Å²) < 4.78 is 25.0. The first-order valence-electron chi connectivity index (χ1n) is 6.20. The highest BCUT2D eigenvalue weighted by Gasteiger charge is 2.22. The topological polar surface area (TPSA) is 71.4 Å². The second-order valence-electron chi connectivity index (χ2n) is 4.52. The molecule has 0 amide bonds. The minimum absolute atomic E-state index is 0.0127. The average molecular weight is 302 g/mol. The van der Waals surface area contributed by atoms with Crippen LogP contribution in [-0.4, -0.2) is 19.5 Å². The van der Waals surface area contributed by atoms with Gasteiger partial charge in [0.15, 0.2) is 9.84 Å². The molecule has 0 saturated heterocycles. The Morgan fingerprint density at radius 1 is 1.00 bits per heavy atom. The largest absolute Gasteiger partial charge is 0.478 e. The second kappa shape index (κ2) is 5.93. The summed E-state index contributed by atoms with van der Waals surface area (Å²) in [4.78, 5) is 11.0. The van der Waals surface area contributed by atoms with Crippen LogP contribution in [0.2, 0.25) is 0 Å². The van der Waals surface area contributed by atoms with Crippen molar-refractivity contribution >= 4 is 21.4 Å². The molecule has 0 aliphatic heterocycles. The molecule has 0 radical (unpaired) electrons. The molecule has 0 heterocycles. The minimum atomic E-state index is -3.65. The van der Waals surface area contributed by atoms with Crippen molar-refractivity contribution in [2.24, 2.45) is 0 Å². The van der Waals surface area contributed by atoms with E-state index in [0.29, 0.717) is 5.56 Å². The maximum Gasteiger partial charge on any atom is 0.335 e. The summed E-state index contributed by atoms with van der Waals surface area (Å²) in [6, 6.07) is 14.8. The zero-order valence-corrected chi connectivity index (χ0v) is 12.0. The summed E-state index contributed by atoms with van der Waals surface area (Å²) in [6.07, 6.45) is 0. The maximum atomic E-state index is 12.5. The van der Waals surface area contributed by atoms with Crippen LogP contribution < -0.4 is 0 Å². The molecule has 0 bridgehead atoms. The van der Waals surface area contributed by atoms with E-state index in [4.69, 9.17) is 5.11 Å². The van der Waals surface area contributed by atoms with E-state index in [1.807, 2.05) is 0 Å². The van der Waals surface area contributed by atoms with Crippen LogP contribution in [0, 0.1) is 0 Å². The van der Waals surface area contributed by atoms with Gasteiger partial charge in [0.2, 0.25) is 0 Å². The fourth-order valence-electron chi connectivity index (χ4n) is 1.97. The van der Waals surface area contributed by atoms with E-state index < -0.39 is 15.8 Å². The van der Waals surface area contributed by atoms with Gasteiger partial charge in [-0.25, -0.2) is 13.2 Å². The van der Waals surface area contributed by atoms with E-state index in [1.54, 1.807) is 42.5 Å². The molecule has 2 aromatic rings. The monoisotopic (exact) mass is 302 g/mol. The highest BCUT2D eigenvalue weighted by molar-refractivity contribution is 7.90. The first-order valence-corrected chi connectivity index (χ1v) is 7.85. The Morgan fingerprint density at radius 2 is 1.57 bits per heavy atom. The number of sulfone groups is 1. The number of rotatable bonds is 5. The summed E-state index contributed by atoms with van der Waals surface area (Å²) in [5.41, 5.74) is 0.538. The molecule has 5 heteroatoms. The van der Waals surface area contributed by atoms with Gasteiger partial charge in [-0.3, -0.25) is 0 Å². The van der Waals surface area contributed by atoms with Crippen molar-refractivity contribution in [3.05, 3.63) is 72.3 Å². The fourth-order valence-corrected chi connectivity index (χ4v) is 3.57. The number of benzene rings is 2. The van der Waals surface area contributed by atoms with Gasteiger partial charge < -0.3 is 5.11 Å². The van der Waals surface area contributed by atoms with Crippen LogP contribution in [0.5, 0.6) is 0 Å². The third-order valence-electron chi connectivity index (χ3n) is 3.00.